The van der Waals surface area contributed by atoms with Crippen LogP contribution in [0.2, 0.25) is 0 Å². The smallest absolute Gasteiger partial charge is 0.272 e. The van der Waals surface area contributed by atoms with Crippen molar-refractivity contribution in [1.82, 2.24) is 9.97 Å². The van der Waals surface area contributed by atoms with Crippen LogP contribution in [-0.4, -0.2) is 14.9 Å². The maximum atomic E-state index is 10.7. The van der Waals surface area contributed by atoms with E-state index in [-0.39, 0.29) is 23.0 Å². The Morgan fingerprint density at radius 2 is 1.68 bits per heavy atom. The standard InChI is InChI=1S/C10H10N6O2S/c11-5-1-6(16(17)18)3-7(2-5)19-10-14-8(12)4-9(13)15-10/h1-4H,11H2,(H4,12,13,14,15). The summed E-state index contributed by atoms with van der Waals surface area (Å²) in [5, 5.41) is 11.0. The Labute approximate surface area is 112 Å². The van der Waals surface area contributed by atoms with Gasteiger partial charge in [-0.2, -0.15) is 0 Å². The van der Waals surface area contributed by atoms with Crippen LogP contribution >= 0.6 is 11.8 Å². The van der Waals surface area contributed by atoms with Crippen molar-refractivity contribution in [3.8, 4) is 0 Å². The molecule has 0 saturated carbocycles. The number of nitro benzene ring substituents is 1. The first kappa shape index (κ1) is 12.9. The van der Waals surface area contributed by atoms with Gasteiger partial charge in [0.15, 0.2) is 5.16 Å². The molecule has 0 aliphatic carbocycles. The van der Waals surface area contributed by atoms with E-state index in [4.69, 9.17) is 17.2 Å². The van der Waals surface area contributed by atoms with E-state index < -0.39 is 4.92 Å². The maximum Gasteiger partial charge on any atom is 0.272 e. The lowest BCUT2D eigenvalue weighted by Gasteiger charge is -2.03. The Morgan fingerprint density at radius 3 is 2.26 bits per heavy atom. The molecule has 98 valence electrons. The molecule has 0 aliphatic heterocycles. The number of non-ortho nitro benzene ring substituents is 1. The maximum absolute atomic E-state index is 10.7. The largest absolute Gasteiger partial charge is 0.398 e. The van der Waals surface area contributed by atoms with Gasteiger partial charge in [-0.05, 0) is 17.8 Å². The molecule has 0 radical (unpaired) electrons. The molecule has 2 rings (SSSR count). The normalized spacial score (nSPS) is 10.3. The Bertz CT molecular complexity index is 628. The number of nitrogens with zero attached hydrogens (tertiary/aromatic N) is 3. The van der Waals surface area contributed by atoms with Gasteiger partial charge in [0.1, 0.15) is 11.6 Å². The van der Waals surface area contributed by atoms with Crippen molar-refractivity contribution >= 4 is 34.8 Å². The lowest BCUT2D eigenvalue weighted by Crippen LogP contribution is -1.99. The molecule has 6 N–H and O–H groups in total. The summed E-state index contributed by atoms with van der Waals surface area (Å²) in [5.41, 5.74) is 16.9. The lowest BCUT2D eigenvalue weighted by atomic mass is 10.3. The molecule has 9 heteroatoms. The average Bonchev–Trinajstić information content (AvgIpc) is 2.26. The van der Waals surface area contributed by atoms with Gasteiger partial charge in [0, 0.05) is 28.8 Å². The van der Waals surface area contributed by atoms with Crippen molar-refractivity contribution in [1.29, 1.82) is 0 Å². The van der Waals surface area contributed by atoms with E-state index in [0.717, 1.165) is 11.8 Å². The summed E-state index contributed by atoms with van der Waals surface area (Å²) < 4.78 is 0. The number of anilines is 3. The van der Waals surface area contributed by atoms with E-state index in [2.05, 4.69) is 9.97 Å². The minimum absolute atomic E-state index is 0.0978. The van der Waals surface area contributed by atoms with Crippen molar-refractivity contribution in [2.75, 3.05) is 17.2 Å². The zero-order chi connectivity index (χ0) is 14.0. The molecule has 1 aromatic carbocycles. The van der Waals surface area contributed by atoms with Gasteiger partial charge >= 0.3 is 0 Å². The zero-order valence-corrected chi connectivity index (χ0v) is 10.4. The highest BCUT2D eigenvalue weighted by molar-refractivity contribution is 7.99. The lowest BCUT2D eigenvalue weighted by molar-refractivity contribution is -0.385. The summed E-state index contributed by atoms with van der Waals surface area (Å²) in [5.74, 6) is 0.460. The van der Waals surface area contributed by atoms with Gasteiger partial charge in [-0.25, -0.2) is 9.97 Å². The predicted octanol–water partition coefficient (Wildman–Crippen LogP) is 1.28. The van der Waals surface area contributed by atoms with E-state index in [1.165, 1.54) is 18.2 Å². The van der Waals surface area contributed by atoms with E-state index in [9.17, 15) is 10.1 Å². The Kier molecular flexibility index (Phi) is 3.38. The number of hydrogen-bond donors (Lipinski definition) is 3. The van der Waals surface area contributed by atoms with Gasteiger partial charge in [-0.15, -0.1) is 0 Å². The molecule has 1 heterocycles. The van der Waals surface area contributed by atoms with E-state index >= 15 is 0 Å². The third kappa shape index (κ3) is 3.22. The highest BCUT2D eigenvalue weighted by Gasteiger charge is 2.11. The van der Waals surface area contributed by atoms with Crippen LogP contribution in [0.25, 0.3) is 0 Å². The highest BCUT2D eigenvalue weighted by atomic mass is 32.2. The second-order valence-electron chi connectivity index (χ2n) is 3.62. The first-order chi connectivity index (χ1) is 8.94. The first-order valence-corrected chi connectivity index (χ1v) is 5.88. The van der Waals surface area contributed by atoms with Crippen molar-refractivity contribution in [3.05, 3.63) is 34.4 Å². The Balaban J connectivity index is 2.35. The number of nitrogens with two attached hydrogens (primary N) is 3. The minimum Gasteiger partial charge on any atom is -0.398 e. The minimum atomic E-state index is -0.519. The quantitative estimate of drug-likeness (QED) is 0.329. The molecule has 0 bridgehead atoms. The van der Waals surface area contributed by atoms with E-state index in [0.29, 0.717) is 10.1 Å². The van der Waals surface area contributed by atoms with Crippen molar-refractivity contribution < 1.29 is 4.92 Å². The summed E-state index contributed by atoms with van der Waals surface area (Å²) >= 11 is 1.09. The molecule has 0 amide bonds. The molecular formula is C10H10N6O2S. The molecule has 2 aromatic rings. The Morgan fingerprint density at radius 1 is 1.05 bits per heavy atom. The third-order valence-electron chi connectivity index (χ3n) is 2.08. The molecule has 8 nitrogen and oxygen atoms in total. The van der Waals surface area contributed by atoms with Crippen molar-refractivity contribution in [2.45, 2.75) is 10.1 Å². The van der Waals surface area contributed by atoms with Crippen LogP contribution in [0, 0.1) is 10.1 Å². The average molecular weight is 278 g/mol. The molecule has 0 atom stereocenters. The first-order valence-electron chi connectivity index (χ1n) is 5.07. The Hall–Kier alpha value is -2.55. The summed E-state index contributed by atoms with van der Waals surface area (Å²) in [6, 6.07) is 5.66. The number of benzene rings is 1. The second kappa shape index (κ2) is 4.98. The summed E-state index contributed by atoms with van der Waals surface area (Å²) in [6.45, 7) is 0. The van der Waals surface area contributed by atoms with Crippen molar-refractivity contribution in [3.63, 3.8) is 0 Å². The predicted molar refractivity (Wildman–Crippen MR) is 72.5 cm³/mol. The molecule has 0 spiro atoms. The van der Waals surface area contributed by atoms with Gasteiger partial charge in [0.2, 0.25) is 0 Å². The molecule has 1 aromatic heterocycles. The summed E-state index contributed by atoms with van der Waals surface area (Å²) in [6.07, 6.45) is 0. The third-order valence-corrected chi connectivity index (χ3v) is 2.92. The van der Waals surface area contributed by atoms with E-state index in [1.807, 2.05) is 0 Å². The van der Waals surface area contributed by atoms with Crippen LogP contribution in [0.3, 0.4) is 0 Å². The fraction of sp³-hybridized carbons (Fsp3) is 0. The van der Waals surface area contributed by atoms with Gasteiger partial charge in [0.25, 0.3) is 5.69 Å². The number of rotatable bonds is 3. The van der Waals surface area contributed by atoms with Crippen molar-refractivity contribution in [2.24, 2.45) is 0 Å². The summed E-state index contributed by atoms with van der Waals surface area (Å²) in [7, 11) is 0. The van der Waals surface area contributed by atoms with Crippen LogP contribution in [-0.2, 0) is 0 Å². The van der Waals surface area contributed by atoms with Gasteiger partial charge in [-0.3, -0.25) is 10.1 Å². The van der Waals surface area contributed by atoms with Crippen LogP contribution in [0.15, 0.2) is 34.3 Å². The number of aromatic nitrogens is 2. The fourth-order valence-electron chi connectivity index (χ4n) is 1.38. The molecule has 19 heavy (non-hydrogen) atoms. The topological polar surface area (TPSA) is 147 Å². The van der Waals surface area contributed by atoms with Crippen LogP contribution < -0.4 is 17.2 Å². The van der Waals surface area contributed by atoms with E-state index in [1.54, 1.807) is 6.07 Å². The molecule has 0 aliphatic rings. The highest BCUT2D eigenvalue weighted by Crippen LogP contribution is 2.30. The zero-order valence-electron chi connectivity index (χ0n) is 9.61. The SMILES string of the molecule is Nc1cc(Sc2nc(N)cc(N)n2)cc([N+](=O)[O-])c1. The fourth-order valence-corrected chi connectivity index (χ4v) is 2.27. The monoisotopic (exact) mass is 278 g/mol. The molecule has 0 saturated heterocycles. The van der Waals surface area contributed by atoms with Crippen LogP contribution in [0.5, 0.6) is 0 Å². The van der Waals surface area contributed by atoms with Gasteiger partial charge in [0.05, 0.1) is 4.92 Å². The van der Waals surface area contributed by atoms with Crippen LogP contribution in [0.4, 0.5) is 23.0 Å². The number of nitro groups is 1. The summed E-state index contributed by atoms with van der Waals surface area (Å²) in [4.78, 5) is 18.7. The number of nitrogen functional groups attached to an aromatic ring is 3. The van der Waals surface area contributed by atoms with Crippen LogP contribution in [0.1, 0.15) is 0 Å². The van der Waals surface area contributed by atoms with Gasteiger partial charge < -0.3 is 17.2 Å². The van der Waals surface area contributed by atoms with Gasteiger partial charge in [-0.1, -0.05) is 0 Å². The number of hydrogen-bond acceptors (Lipinski definition) is 8. The second-order valence-corrected chi connectivity index (χ2v) is 4.66. The molecular weight excluding hydrogens is 268 g/mol. The molecule has 0 fully saturated rings. The molecule has 0 unspecified atom stereocenters.